The average molecular weight is 621 g/mol. The summed E-state index contributed by atoms with van der Waals surface area (Å²) in [6.45, 7) is 2.68. The number of ether oxygens (including phenoxy) is 2. The molecule has 0 unspecified atom stereocenters. The molecule has 0 aromatic heterocycles. The van der Waals surface area contributed by atoms with E-state index >= 15 is 0 Å². The van der Waals surface area contributed by atoms with E-state index in [0.717, 1.165) is 23.4 Å². The van der Waals surface area contributed by atoms with Gasteiger partial charge in [0.15, 0.2) is 0 Å². The minimum absolute atomic E-state index is 0.00139. The van der Waals surface area contributed by atoms with Crippen LogP contribution in [0.3, 0.4) is 0 Å². The molecule has 0 spiro atoms. The summed E-state index contributed by atoms with van der Waals surface area (Å²) in [6, 6.07) is 25.1. The van der Waals surface area contributed by atoms with E-state index < -0.39 is 16.9 Å². The summed E-state index contributed by atoms with van der Waals surface area (Å²) in [5, 5.41) is 19.4. The van der Waals surface area contributed by atoms with Crippen LogP contribution in [0.25, 0.3) is 0 Å². The van der Waals surface area contributed by atoms with Gasteiger partial charge in [0.25, 0.3) is 5.69 Å². The number of halogens is 2. The molecule has 0 heterocycles. The summed E-state index contributed by atoms with van der Waals surface area (Å²) in [5.41, 5.74) is 2.80. The summed E-state index contributed by atoms with van der Waals surface area (Å²) in [7, 11) is 0. The van der Waals surface area contributed by atoms with Crippen molar-refractivity contribution in [3.05, 3.63) is 128 Å². The molecule has 12 heteroatoms. The Morgan fingerprint density at radius 3 is 1.77 bits per heavy atom. The lowest BCUT2D eigenvalue weighted by molar-refractivity contribution is -0.384. The van der Waals surface area contributed by atoms with Crippen molar-refractivity contribution in [2.75, 3.05) is 31.2 Å². The van der Waals surface area contributed by atoms with Crippen molar-refractivity contribution in [1.29, 1.82) is 0 Å². The Balaban J connectivity index is 1.48. The third-order valence-corrected chi connectivity index (χ3v) is 6.80. The number of esters is 2. The second-order valence-electron chi connectivity index (χ2n) is 9.18. The number of benzene rings is 4. The number of hydrogen-bond donors (Lipinski definition) is 0. The largest absolute Gasteiger partial charge is 0.460 e. The Hall–Kier alpha value is -4.80. The Morgan fingerprint density at radius 1 is 0.791 bits per heavy atom. The van der Waals surface area contributed by atoms with Gasteiger partial charge >= 0.3 is 11.9 Å². The number of nitro benzene ring substituents is 1. The molecule has 0 aliphatic carbocycles. The number of hydrogen-bond acceptors (Lipinski definition) is 9. The van der Waals surface area contributed by atoms with Crippen molar-refractivity contribution in [3.8, 4) is 0 Å². The van der Waals surface area contributed by atoms with Crippen molar-refractivity contribution in [2.45, 2.75) is 6.92 Å². The molecule has 4 rings (SSSR count). The molecule has 0 fully saturated rings. The summed E-state index contributed by atoms with van der Waals surface area (Å²) < 4.78 is 10.9. The van der Waals surface area contributed by atoms with Gasteiger partial charge in [-0.2, -0.15) is 5.11 Å². The smallest absolute Gasteiger partial charge is 0.338 e. The van der Waals surface area contributed by atoms with Gasteiger partial charge in [-0.25, -0.2) is 9.59 Å². The van der Waals surface area contributed by atoms with Crippen molar-refractivity contribution in [3.63, 3.8) is 0 Å². The molecule has 4 aromatic carbocycles. The molecule has 0 N–H and O–H groups in total. The lowest BCUT2D eigenvalue weighted by atomic mass is 10.1. The van der Waals surface area contributed by atoms with E-state index in [2.05, 4.69) is 10.2 Å². The zero-order valence-electron chi connectivity index (χ0n) is 23.0. The van der Waals surface area contributed by atoms with E-state index in [1.807, 2.05) is 30.0 Å². The van der Waals surface area contributed by atoms with Gasteiger partial charge < -0.3 is 14.4 Å². The fourth-order valence-corrected chi connectivity index (χ4v) is 4.54. The monoisotopic (exact) mass is 620 g/mol. The molecule has 220 valence electrons. The lowest BCUT2D eigenvalue weighted by Crippen LogP contribution is -2.32. The standard InChI is InChI=1S/C31H26Cl2N4O6/c1-21-18-24(12-13-28(21)34-35-29-26(32)19-25(37(40)41)20-27(29)33)36(14-16-42-30(38)22-8-4-2-5-9-22)15-17-43-31(39)23-10-6-3-7-11-23/h2-13,18-20H,14-17H2,1H3. The summed E-state index contributed by atoms with van der Waals surface area (Å²) in [5.74, 6) is -0.877. The SMILES string of the molecule is Cc1cc(N(CCOC(=O)c2ccccc2)CCOC(=O)c2ccccc2)ccc1N=Nc1c(Cl)cc([N+](=O)[O-])cc1Cl. The highest BCUT2D eigenvalue weighted by molar-refractivity contribution is 6.39. The van der Waals surface area contributed by atoms with E-state index in [4.69, 9.17) is 32.7 Å². The van der Waals surface area contributed by atoms with Crippen molar-refractivity contribution < 1.29 is 24.0 Å². The maximum Gasteiger partial charge on any atom is 0.338 e. The maximum atomic E-state index is 12.4. The third kappa shape index (κ3) is 8.60. The van der Waals surface area contributed by atoms with Crippen LogP contribution in [0.1, 0.15) is 26.3 Å². The van der Waals surface area contributed by atoms with Crippen LogP contribution in [0.15, 0.2) is 101 Å². The second-order valence-corrected chi connectivity index (χ2v) is 9.99. The first kappa shape index (κ1) is 31.1. The van der Waals surface area contributed by atoms with Gasteiger partial charge in [-0.15, -0.1) is 5.11 Å². The molecule has 0 atom stereocenters. The number of rotatable bonds is 12. The molecule has 0 amide bonds. The normalized spacial score (nSPS) is 10.9. The summed E-state index contributed by atoms with van der Waals surface area (Å²) >= 11 is 12.3. The van der Waals surface area contributed by atoms with Crippen molar-refractivity contribution in [1.82, 2.24) is 0 Å². The van der Waals surface area contributed by atoms with Crippen LogP contribution in [0.2, 0.25) is 10.0 Å². The number of carbonyl (C=O) groups excluding carboxylic acids is 2. The fraction of sp³-hybridized carbons (Fsp3) is 0.161. The summed E-state index contributed by atoms with van der Waals surface area (Å²) in [4.78, 5) is 37.2. The van der Waals surface area contributed by atoms with Crippen molar-refractivity contribution in [2.24, 2.45) is 10.2 Å². The number of nitrogens with zero attached hydrogens (tertiary/aromatic N) is 4. The number of aryl methyl sites for hydroxylation is 1. The van der Waals surface area contributed by atoms with E-state index in [1.54, 1.807) is 60.7 Å². The van der Waals surface area contributed by atoms with Gasteiger partial charge in [0.2, 0.25) is 0 Å². The van der Waals surface area contributed by atoms with Crippen LogP contribution in [-0.2, 0) is 9.47 Å². The molecular formula is C31H26Cl2N4O6. The molecule has 0 radical (unpaired) electrons. The predicted octanol–water partition coefficient (Wildman–Crippen LogP) is 8.15. The number of non-ortho nitro benzene ring substituents is 1. The Kier molecular flexibility index (Phi) is 10.8. The zero-order valence-corrected chi connectivity index (χ0v) is 24.5. The number of nitro groups is 1. The van der Waals surface area contributed by atoms with E-state index in [0.29, 0.717) is 29.9 Å². The maximum absolute atomic E-state index is 12.4. The topological polar surface area (TPSA) is 124 Å². The van der Waals surface area contributed by atoms with Crippen LogP contribution in [-0.4, -0.2) is 43.2 Å². The average Bonchev–Trinajstić information content (AvgIpc) is 3.01. The van der Waals surface area contributed by atoms with Gasteiger partial charge in [0, 0.05) is 17.8 Å². The predicted molar refractivity (Wildman–Crippen MR) is 164 cm³/mol. The summed E-state index contributed by atoms with van der Waals surface area (Å²) in [6.07, 6.45) is 0. The van der Waals surface area contributed by atoms with E-state index in [1.165, 1.54) is 0 Å². The Labute approximate surface area is 257 Å². The van der Waals surface area contributed by atoms with Gasteiger partial charge in [-0.3, -0.25) is 10.1 Å². The van der Waals surface area contributed by atoms with Gasteiger partial charge in [-0.05, 0) is 55.0 Å². The van der Waals surface area contributed by atoms with Crippen LogP contribution < -0.4 is 4.90 Å². The molecule has 0 bridgehead atoms. The Morgan fingerprint density at radius 2 is 1.30 bits per heavy atom. The Bertz CT molecular complexity index is 1550. The molecule has 4 aromatic rings. The molecule has 0 saturated carbocycles. The van der Waals surface area contributed by atoms with Crippen LogP contribution in [0, 0.1) is 17.0 Å². The fourth-order valence-electron chi connectivity index (χ4n) is 3.99. The zero-order chi connectivity index (χ0) is 30.8. The minimum Gasteiger partial charge on any atom is -0.460 e. The first-order valence-electron chi connectivity index (χ1n) is 13.1. The lowest BCUT2D eigenvalue weighted by Gasteiger charge is -2.25. The highest BCUT2D eigenvalue weighted by Crippen LogP contribution is 2.38. The van der Waals surface area contributed by atoms with Gasteiger partial charge in [0.05, 0.1) is 44.9 Å². The minimum atomic E-state index is -0.599. The third-order valence-electron chi connectivity index (χ3n) is 6.22. The second kappa shape index (κ2) is 14.9. The van der Waals surface area contributed by atoms with E-state index in [9.17, 15) is 19.7 Å². The molecular weight excluding hydrogens is 595 g/mol. The molecule has 0 saturated heterocycles. The van der Waals surface area contributed by atoms with Gasteiger partial charge in [0.1, 0.15) is 18.9 Å². The number of azo groups is 1. The first-order valence-corrected chi connectivity index (χ1v) is 13.8. The molecule has 10 nitrogen and oxygen atoms in total. The highest BCUT2D eigenvalue weighted by Gasteiger charge is 2.16. The van der Waals surface area contributed by atoms with E-state index in [-0.39, 0.29) is 34.6 Å². The van der Waals surface area contributed by atoms with Crippen LogP contribution >= 0.6 is 23.2 Å². The van der Waals surface area contributed by atoms with Gasteiger partial charge in [-0.1, -0.05) is 59.6 Å². The number of carbonyl (C=O) groups is 2. The van der Waals surface area contributed by atoms with Crippen LogP contribution in [0.5, 0.6) is 0 Å². The number of anilines is 1. The molecule has 0 aliphatic rings. The molecule has 43 heavy (non-hydrogen) atoms. The molecule has 0 aliphatic heterocycles. The van der Waals surface area contributed by atoms with Crippen molar-refractivity contribution >= 4 is 57.9 Å². The quantitative estimate of drug-likeness (QED) is 0.0677. The first-order chi connectivity index (χ1) is 20.7. The highest BCUT2D eigenvalue weighted by atomic mass is 35.5. The van der Waals surface area contributed by atoms with Crippen LogP contribution in [0.4, 0.5) is 22.7 Å².